The number of phenols is 1. The summed E-state index contributed by atoms with van der Waals surface area (Å²) < 4.78 is 14.4. The molecule has 5 aromatic rings. The van der Waals surface area contributed by atoms with Crippen molar-refractivity contribution in [2.24, 2.45) is 0 Å². The molecule has 4 heterocycles. The Hall–Kier alpha value is -4.76. The summed E-state index contributed by atoms with van der Waals surface area (Å²) >= 11 is 0. The van der Waals surface area contributed by atoms with Crippen molar-refractivity contribution in [3.8, 4) is 17.1 Å². The third-order valence-electron chi connectivity index (χ3n) is 9.41. The lowest BCUT2D eigenvalue weighted by Crippen LogP contribution is -2.46. The van der Waals surface area contributed by atoms with Gasteiger partial charge in [-0.3, -0.25) is 4.79 Å². The molecule has 0 spiro atoms. The molecule has 1 atom stereocenters. The number of amides is 1. The van der Waals surface area contributed by atoms with Crippen molar-refractivity contribution < 1.29 is 14.3 Å². The average molecular weight is 619 g/mol. The number of phenolic OH excluding ortho intramolecular Hbond substituents is 1. The highest BCUT2D eigenvalue weighted by Crippen LogP contribution is 2.32. The van der Waals surface area contributed by atoms with Gasteiger partial charge in [-0.2, -0.15) is 0 Å². The van der Waals surface area contributed by atoms with Crippen LogP contribution in [0.5, 0.6) is 5.75 Å². The molecule has 2 aliphatic heterocycles. The van der Waals surface area contributed by atoms with Crippen LogP contribution in [-0.2, 0) is 0 Å². The summed E-state index contributed by atoms with van der Waals surface area (Å²) in [6, 6.07) is 18.7. The minimum Gasteiger partial charge on any atom is -0.508 e. The normalized spacial score (nSPS) is 16.9. The van der Waals surface area contributed by atoms with Crippen LogP contribution in [0.4, 0.5) is 10.1 Å². The summed E-state index contributed by atoms with van der Waals surface area (Å²) in [5.74, 6) is -0.447. The van der Waals surface area contributed by atoms with Crippen LogP contribution in [0.25, 0.3) is 22.3 Å². The SMILES string of the molecule is Cc1cc(C(=O)NC(c2cc3ccccc3[nH]2)c2cc(F)ccc2O)cc(-c2ncc(N3CCC(N4CCCCC4)CC3)cn2)c1. The average Bonchev–Trinajstić information content (AvgIpc) is 3.53. The summed E-state index contributed by atoms with van der Waals surface area (Å²) in [7, 11) is 0. The van der Waals surface area contributed by atoms with Gasteiger partial charge in [-0.25, -0.2) is 14.4 Å². The number of rotatable bonds is 7. The van der Waals surface area contributed by atoms with Crippen molar-refractivity contribution in [2.75, 3.05) is 31.1 Å². The molecule has 1 unspecified atom stereocenters. The number of aromatic hydroxyl groups is 1. The Morgan fingerprint density at radius 3 is 2.48 bits per heavy atom. The highest BCUT2D eigenvalue weighted by Gasteiger charge is 2.27. The van der Waals surface area contributed by atoms with E-state index in [0.717, 1.165) is 53.6 Å². The van der Waals surface area contributed by atoms with Gasteiger partial charge in [-0.1, -0.05) is 24.6 Å². The molecule has 0 bridgehead atoms. The number of piperidine rings is 2. The fraction of sp³-hybridized carbons (Fsp3) is 0.324. The van der Waals surface area contributed by atoms with Gasteiger partial charge in [0, 0.05) is 47.0 Å². The number of fused-ring (bicyclic) bond motifs is 1. The topological polar surface area (TPSA) is 97.4 Å². The lowest BCUT2D eigenvalue weighted by molar-refractivity contribution is 0.0942. The molecule has 8 nitrogen and oxygen atoms in total. The van der Waals surface area contributed by atoms with E-state index in [1.165, 1.54) is 50.6 Å². The first-order valence-corrected chi connectivity index (χ1v) is 16.2. The predicted octanol–water partition coefficient (Wildman–Crippen LogP) is 6.75. The summed E-state index contributed by atoms with van der Waals surface area (Å²) in [5.41, 5.74) is 4.80. The molecule has 46 heavy (non-hydrogen) atoms. The number of aryl methyl sites for hydroxylation is 1. The fourth-order valence-electron chi connectivity index (χ4n) is 6.99. The number of aromatic nitrogens is 3. The first-order chi connectivity index (χ1) is 22.4. The van der Waals surface area contributed by atoms with Crippen molar-refractivity contribution in [1.82, 2.24) is 25.2 Å². The lowest BCUT2D eigenvalue weighted by atomic mass is 9.99. The van der Waals surface area contributed by atoms with E-state index in [2.05, 4.69) is 20.1 Å². The molecule has 2 saturated heterocycles. The largest absolute Gasteiger partial charge is 0.508 e. The molecule has 0 radical (unpaired) electrons. The van der Waals surface area contributed by atoms with E-state index in [1.54, 1.807) is 12.1 Å². The van der Waals surface area contributed by atoms with Crippen LogP contribution >= 0.6 is 0 Å². The Morgan fingerprint density at radius 2 is 1.72 bits per heavy atom. The van der Waals surface area contributed by atoms with Crippen molar-refractivity contribution in [3.05, 3.63) is 107 Å². The number of carbonyl (C=O) groups excluding carboxylic acids is 1. The molecule has 0 aliphatic carbocycles. The summed E-state index contributed by atoms with van der Waals surface area (Å²) in [4.78, 5) is 31.6. The van der Waals surface area contributed by atoms with Gasteiger partial charge < -0.3 is 25.2 Å². The van der Waals surface area contributed by atoms with Crippen molar-refractivity contribution >= 4 is 22.5 Å². The summed E-state index contributed by atoms with van der Waals surface area (Å²) in [6.45, 7) is 6.38. The predicted molar refractivity (Wildman–Crippen MR) is 179 cm³/mol. The molecule has 3 N–H and O–H groups in total. The van der Waals surface area contributed by atoms with Gasteiger partial charge in [0.1, 0.15) is 11.6 Å². The van der Waals surface area contributed by atoms with E-state index in [4.69, 9.17) is 9.97 Å². The van der Waals surface area contributed by atoms with E-state index in [-0.39, 0.29) is 17.2 Å². The molecular formula is C37H39FN6O2. The summed E-state index contributed by atoms with van der Waals surface area (Å²) in [5, 5.41) is 14.7. The van der Waals surface area contributed by atoms with Gasteiger partial charge in [0.05, 0.1) is 24.1 Å². The molecule has 236 valence electrons. The van der Waals surface area contributed by atoms with Crippen molar-refractivity contribution in [2.45, 2.75) is 51.1 Å². The second-order valence-electron chi connectivity index (χ2n) is 12.6. The standard InChI is InChI=1S/C37H39FN6O2/c1-24-17-26(36-39-22-30(23-40-36)44-15-11-29(12-16-44)43-13-5-2-6-14-43)19-27(18-24)37(46)42-35(31-21-28(38)9-10-34(31)45)33-20-25-7-3-4-8-32(25)41-33/h3-4,7-10,17-23,29,35,41,45H,2,5-6,11-16H2,1H3,(H,42,46). The van der Waals surface area contributed by atoms with Crippen LogP contribution in [0, 0.1) is 12.7 Å². The number of para-hydroxylation sites is 1. The maximum atomic E-state index is 14.4. The Kier molecular flexibility index (Phi) is 8.41. The number of carbonyl (C=O) groups is 1. The van der Waals surface area contributed by atoms with Gasteiger partial charge in [0.15, 0.2) is 5.82 Å². The fourth-order valence-corrected chi connectivity index (χ4v) is 6.99. The minimum absolute atomic E-state index is 0.112. The number of halogens is 1. The number of nitrogens with zero attached hydrogens (tertiary/aromatic N) is 4. The quantitative estimate of drug-likeness (QED) is 0.187. The van der Waals surface area contributed by atoms with Crippen molar-refractivity contribution in [3.63, 3.8) is 0 Å². The van der Waals surface area contributed by atoms with Crippen molar-refractivity contribution in [1.29, 1.82) is 0 Å². The molecule has 2 aliphatic rings. The minimum atomic E-state index is -0.825. The lowest BCUT2D eigenvalue weighted by Gasteiger charge is -2.40. The van der Waals surface area contributed by atoms with Gasteiger partial charge in [-0.15, -0.1) is 0 Å². The van der Waals surface area contributed by atoms with E-state index < -0.39 is 11.9 Å². The maximum absolute atomic E-state index is 14.4. The summed E-state index contributed by atoms with van der Waals surface area (Å²) in [6.07, 6.45) is 10.1. The van der Waals surface area contributed by atoms with Crippen LogP contribution < -0.4 is 10.2 Å². The zero-order chi connectivity index (χ0) is 31.6. The van der Waals surface area contributed by atoms with E-state index in [0.29, 0.717) is 23.1 Å². The molecule has 9 heteroatoms. The molecule has 2 fully saturated rings. The highest BCUT2D eigenvalue weighted by atomic mass is 19.1. The Labute approximate surface area is 268 Å². The third kappa shape index (κ3) is 6.33. The Morgan fingerprint density at radius 1 is 0.957 bits per heavy atom. The maximum Gasteiger partial charge on any atom is 0.252 e. The second kappa shape index (κ2) is 12.9. The van der Waals surface area contributed by atoms with Crippen LogP contribution in [-0.4, -0.2) is 63.1 Å². The van der Waals surface area contributed by atoms with E-state index in [1.807, 2.05) is 55.7 Å². The monoisotopic (exact) mass is 618 g/mol. The Bertz CT molecular complexity index is 1810. The van der Waals surface area contributed by atoms with Crippen LogP contribution in [0.15, 0.2) is 79.1 Å². The second-order valence-corrected chi connectivity index (χ2v) is 12.6. The van der Waals surface area contributed by atoms with Crippen LogP contribution in [0.2, 0.25) is 0 Å². The highest BCUT2D eigenvalue weighted by molar-refractivity contribution is 5.96. The molecule has 0 saturated carbocycles. The number of anilines is 1. The van der Waals surface area contributed by atoms with Gasteiger partial charge in [0.2, 0.25) is 0 Å². The van der Waals surface area contributed by atoms with Gasteiger partial charge in [0.25, 0.3) is 5.91 Å². The van der Waals surface area contributed by atoms with Crippen LogP contribution in [0.1, 0.15) is 65.3 Å². The van der Waals surface area contributed by atoms with Gasteiger partial charge >= 0.3 is 0 Å². The van der Waals surface area contributed by atoms with Gasteiger partial charge in [-0.05, 0) is 105 Å². The zero-order valence-corrected chi connectivity index (χ0v) is 26.0. The number of nitrogens with one attached hydrogen (secondary N) is 2. The molecule has 3 aromatic carbocycles. The number of likely N-dealkylation sites (tertiary alicyclic amines) is 1. The zero-order valence-electron chi connectivity index (χ0n) is 26.0. The number of hydrogen-bond donors (Lipinski definition) is 3. The van der Waals surface area contributed by atoms with E-state index >= 15 is 0 Å². The molecule has 2 aromatic heterocycles. The smallest absolute Gasteiger partial charge is 0.252 e. The number of hydrogen-bond acceptors (Lipinski definition) is 6. The number of aromatic amines is 1. The number of benzene rings is 3. The van der Waals surface area contributed by atoms with Crippen LogP contribution in [0.3, 0.4) is 0 Å². The van der Waals surface area contributed by atoms with E-state index in [9.17, 15) is 14.3 Å². The first kappa shape index (κ1) is 29.9. The Balaban J connectivity index is 1.10. The third-order valence-corrected chi connectivity index (χ3v) is 9.41. The number of H-pyrrole nitrogens is 1. The molecular weight excluding hydrogens is 579 g/mol. The molecule has 7 rings (SSSR count). The first-order valence-electron chi connectivity index (χ1n) is 16.2. The molecule has 1 amide bonds.